The molecule has 0 heterocycles. The maximum atomic E-state index is 7.17. The summed E-state index contributed by atoms with van der Waals surface area (Å²) in [5, 5.41) is 0. The molecule has 1 aromatic rings. The van der Waals surface area contributed by atoms with Gasteiger partial charge in [0.2, 0.25) is 0 Å². The van der Waals surface area contributed by atoms with E-state index < -0.39 is 0 Å². The van der Waals surface area contributed by atoms with Gasteiger partial charge in [-0.15, -0.1) is 0 Å². The topological polar surface area (TPSA) is 0 Å². The zero-order valence-corrected chi connectivity index (χ0v) is 8.52. The zero-order valence-electron chi connectivity index (χ0n) is 8.52. The summed E-state index contributed by atoms with van der Waals surface area (Å²) in [4.78, 5) is 0. The van der Waals surface area contributed by atoms with E-state index in [1.54, 1.807) is 0 Å². The van der Waals surface area contributed by atoms with Crippen molar-refractivity contribution in [1.82, 2.24) is 0 Å². The minimum Gasteiger partial charge on any atom is -0.0809 e. The maximum Gasteiger partial charge on any atom is 0.0460 e. The summed E-state index contributed by atoms with van der Waals surface area (Å²) in [7, 11) is 0. The first-order valence-electron chi connectivity index (χ1n) is 4.68. The van der Waals surface area contributed by atoms with Gasteiger partial charge in [-0.25, -0.2) is 0 Å². The fourth-order valence-electron chi connectivity index (χ4n) is 1.40. The molecule has 0 spiro atoms. The highest BCUT2D eigenvalue weighted by Gasteiger charge is 2.05. The molecular formula is C13H15. The second kappa shape index (κ2) is 4.14. The van der Waals surface area contributed by atoms with E-state index in [1.165, 1.54) is 16.7 Å². The Morgan fingerprint density at radius 3 is 2.46 bits per heavy atom. The van der Waals surface area contributed by atoms with Gasteiger partial charge in [-0.1, -0.05) is 31.0 Å². The number of aryl methyl sites for hydroxylation is 2. The molecule has 0 heteroatoms. The molecule has 0 nitrogen and oxygen atoms in total. The first-order chi connectivity index (χ1) is 6.19. The van der Waals surface area contributed by atoms with Crippen LogP contribution in [0.1, 0.15) is 36.0 Å². The molecule has 0 saturated carbocycles. The van der Waals surface area contributed by atoms with Crippen LogP contribution in [0.3, 0.4) is 0 Å². The predicted octanol–water partition coefficient (Wildman–Crippen LogP) is 3.39. The summed E-state index contributed by atoms with van der Waals surface area (Å²) in [6.07, 6.45) is 8.12. The van der Waals surface area contributed by atoms with Crippen LogP contribution < -0.4 is 0 Å². The van der Waals surface area contributed by atoms with Crippen molar-refractivity contribution in [2.24, 2.45) is 0 Å². The highest BCUT2D eigenvalue weighted by Crippen LogP contribution is 2.20. The third kappa shape index (κ3) is 2.12. The van der Waals surface area contributed by atoms with Gasteiger partial charge in [0.05, 0.1) is 0 Å². The van der Waals surface area contributed by atoms with E-state index in [4.69, 9.17) is 6.42 Å². The SMILES string of the molecule is [C]#CC(CC)c1ccc(C)c(C)c1. The molecule has 1 radical (unpaired) electrons. The standard InChI is InChI=1S/C13H15/c1-5-12(6-2)13-8-7-10(3)11(4)9-13/h7-9,12H,5H2,1,3-4H3. The Hall–Kier alpha value is -1.22. The average Bonchev–Trinajstić information content (AvgIpc) is 2.13. The van der Waals surface area contributed by atoms with Crippen molar-refractivity contribution in [3.8, 4) is 5.92 Å². The highest BCUT2D eigenvalue weighted by atomic mass is 14.1. The Labute approximate surface area is 81.0 Å². The number of hydrogen-bond donors (Lipinski definition) is 0. The molecule has 0 aliphatic rings. The van der Waals surface area contributed by atoms with Gasteiger partial charge >= 0.3 is 0 Å². The molecule has 0 saturated heterocycles. The van der Waals surface area contributed by atoms with Crippen molar-refractivity contribution in [3.05, 3.63) is 41.3 Å². The predicted molar refractivity (Wildman–Crippen MR) is 56.1 cm³/mol. The van der Waals surface area contributed by atoms with Gasteiger partial charge in [0.1, 0.15) is 0 Å². The van der Waals surface area contributed by atoms with Crippen LogP contribution in [0.2, 0.25) is 0 Å². The summed E-state index contributed by atoms with van der Waals surface area (Å²) in [6, 6.07) is 6.37. The van der Waals surface area contributed by atoms with Gasteiger partial charge in [0.25, 0.3) is 0 Å². The Morgan fingerprint density at radius 1 is 1.31 bits per heavy atom. The fraction of sp³-hybridized carbons (Fsp3) is 0.385. The molecule has 0 amide bonds. The Morgan fingerprint density at radius 2 is 2.00 bits per heavy atom. The van der Waals surface area contributed by atoms with Gasteiger partial charge in [-0.2, -0.15) is 0 Å². The molecule has 1 atom stereocenters. The highest BCUT2D eigenvalue weighted by molar-refractivity contribution is 5.34. The smallest absolute Gasteiger partial charge is 0.0460 e. The van der Waals surface area contributed by atoms with Crippen molar-refractivity contribution in [1.29, 1.82) is 0 Å². The number of benzene rings is 1. The molecular weight excluding hydrogens is 156 g/mol. The summed E-state index contributed by atoms with van der Waals surface area (Å²) in [5.74, 6) is 2.73. The lowest BCUT2D eigenvalue weighted by molar-refractivity contribution is 0.828. The van der Waals surface area contributed by atoms with E-state index in [9.17, 15) is 0 Å². The molecule has 1 aromatic carbocycles. The lowest BCUT2D eigenvalue weighted by atomic mass is 9.94. The number of rotatable bonds is 2. The van der Waals surface area contributed by atoms with Crippen LogP contribution in [-0.4, -0.2) is 0 Å². The van der Waals surface area contributed by atoms with Gasteiger partial charge in [-0.05, 0) is 43.4 Å². The van der Waals surface area contributed by atoms with Crippen LogP contribution in [0.25, 0.3) is 0 Å². The second-order valence-electron chi connectivity index (χ2n) is 3.45. The maximum absolute atomic E-state index is 7.17. The monoisotopic (exact) mass is 171 g/mol. The Kier molecular flexibility index (Phi) is 3.14. The molecule has 0 N–H and O–H groups in total. The quantitative estimate of drug-likeness (QED) is 0.598. The first-order valence-corrected chi connectivity index (χ1v) is 4.68. The molecule has 67 valence electrons. The summed E-state index contributed by atoms with van der Waals surface area (Å²) >= 11 is 0. The Balaban J connectivity index is 3.04. The van der Waals surface area contributed by atoms with E-state index in [2.05, 4.69) is 44.9 Å². The molecule has 0 aliphatic heterocycles. The molecule has 0 bridgehead atoms. The van der Waals surface area contributed by atoms with Crippen molar-refractivity contribution in [3.63, 3.8) is 0 Å². The third-order valence-electron chi connectivity index (χ3n) is 2.52. The molecule has 1 rings (SSSR count). The zero-order chi connectivity index (χ0) is 9.84. The summed E-state index contributed by atoms with van der Waals surface area (Å²) in [5.41, 5.74) is 3.82. The molecule has 0 aromatic heterocycles. The molecule has 0 fully saturated rings. The van der Waals surface area contributed by atoms with E-state index in [-0.39, 0.29) is 5.92 Å². The van der Waals surface area contributed by atoms with Crippen LogP contribution in [0, 0.1) is 26.2 Å². The van der Waals surface area contributed by atoms with Crippen LogP contribution in [0.4, 0.5) is 0 Å². The van der Waals surface area contributed by atoms with Gasteiger partial charge in [0, 0.05) is 5.92 Å². The molecule has 13 heavy (non-hydrogen) atoms. The fourth-order valence-corrected chi connectivity index (χ4v) is 1.40. The minimum atomic E-state index is 0.166. The third-order valence-corrected chi connectivity index (χ3v) is 2.52. The summed E-state index contributed by atoms with van der Waals surface area (Å²) in [6.45, 7) is 6.30. The second-order valence-corrected chi connectivity index (χ2v) is 3.45. The lowest BCUT2D eigenvalue weighted by Gasteiger charge is -2.09. The van der Waals surface area contributed by atoms with Crippen molar-refractivity contribution in [2.75, 3.05) is 0 Å². The van der Waals surface area contributed by atoms with E-state index in [0.717, 1.165) is 6.42 Å². The molecule has 1 unspecified atom stereocenters. The van der Waals surface area contributed by atoms with Gasteiger partial charge in [0.15, 0.2) is 0 Å². The largest absolute Gasteiger partial charge is 0.0809 e. The normalized spacial score (nSPS) is 12.2. The van der Waals surface area contributed by atoms with E-state index >= 15 is 0 Å². The van der Waals surface area contributed by atoms with Gasteiger partial charge < -0.3 is 0 Å². The van der Waals surface area contributed by atoms with E-state index in [0.29, 0.717) is 0 Å². The van der Waals surface area contributed by atoms with Crippen LogP contribution in [0.5, 0.6) is 0 Å². The van der Waals surface area contributed by atoms with Crippen molar-refractivity contribution in [2.45, 2.75) is 33.1 Å². The minimum absolute atomic E-state index is 0.166. The first kappa shape index (κ1) is 9.86. The van der Waals surface area contributed by atoms with Crippen LogP contribution >= 0.6 is 0 Å². The molecule has 0 aliphatic carbocycles. The lowest BCUT2D eigenvalue weighted by Crippen LogP contribution is -1.94. The summed E-state index contributed by atoms with van der Waals surface area (Å²) < 4.78 is 0. The van der Waals surface area contributed by atoms with Crippen molar-refractivity contribution < 1.29 is 0 Å². The van der Waals surface area contributed by atoms with Crippen molar-refractivity contribution >= 4 is 0 Å². The van der Waals surface area contributed by atoms with Gasteiger partial charge in [-0.3, -0.25) is 0 Å². The van der Waals surface area contributed by atoms with E-state index in [1.807, 2.05) is 0 Å². The van der Waals surface area contributed by atoms with Crippen LogP contribution in [0.15, 0.2) is 18.2 Å². The Bertz CT molecular complexity index is 328. The number of hydrogen-bond acceptors (Lipinski definition) is 0. The average molecular weight is 171 g/mol. The van der Waals surface area contributed by atoms with Crippen LogP contribution in [-0.2, 0) is 0 Å².